The van der Waals surface area contributed by atoms with E-state index >= 15 is 0 Å². The molecule has 1 rings (SSSR count). The third-order valence-electron chi connectivity index (χ3n) is 2.07. The zero-order chi connectivity index (χ0) is 9.19. The monoisotopic (exact) mass is 170 g/mol. The van der Waals surface area contributed by atoms with Gasteiger partial charge >= 0.3 is 0 Å². The maximum Gasteiger partial charge on any atom is 0.232 e. The van der Waals surface area contributed by atoms with Gasteiger partial charge in [0.1, 0.15) is 6.61 Å². The summed E-state index contributed by atoms with van der Waals surface area (Å²) in [4.78, 5) is 4.04. The standard InChI is InChI=1S/C8H14N2O2/c1-4-8(2,3)7-9-6(5-11)10-12-7/h11H,4-5H2,1-3H3. The Morgan fingerprint density at radius 2 is 2.17 bits per heavy atom. The smallest absolute Gasteiger partial charge is 0.232 e. The van der Waals surface area contributed by atoms with Crippen LogP contribution in [0.1, 0.15) is 38.9 Å². The fraction of sp³-hybridized carbons (Fsp3) is 0.750. The average Bonchev–Trinajstić information content (AvgIpc) is 2.52. The molecule has 1 heterocycles. The number of aromatic nitrogens is 2. The number of rotatable bonds is 3. The van der Waals surface area contributed by atoms with E-state index in [0.29, 0.717) is 11.7 Å². The lowest BCUT2D eigenvalue weighted by Crippen LogP contribution is -2.15. The first-order valence-corrected chi connectivity index (χ1v) is 4.04. The van der Waals surface area contributed by atoms with Crippen molar-refractivity contribution in [2.75, 3.05) is 0 Å². The lowest BCUT2D eigenvalue weighted by molar-refractivity contribution is 0.258. The molecule has 0 atom stereocenters. The van der Waals surface area contributed by atoms with Crippen molar-refractivity contribution < 1.29 is 9.63 Å². The zero-order valence-corrected chi connectivity index (χ0v) is 7.66. The normalized spacial score (nSPS) is 12.0. The maximum absolute atomic E-state index is 8.70. The van der Waals surface area contributed by atoms with Gasteiger partial charge in [-0.25, -0.2) is 0 Å². The summed E-state index contributed by atoms with van der Waals surface area (Å²) in [7, 11) is 0. The Kier molecular flexibility index (Phi) is 2.47. The fourth-order valence-electron chi connectivity index (χ4n) is 0.744. The molecule has 4 nitrogen and oxygen atoms in total. The molecule has 1 aromatic heterocycles. The van der Waals surface area contributed by atoms with Gasteiger partial charge in [-0.3, -0.25) is 0 Å². The van der Waals surface area contributed by atoms with Crippen LogP contribution in [-0.4, -0.2) is 15.2 Å². The Balaban J connectivity index is 2.88. The summed E-state index contributed by atoms with van der Waals surface area (Å²) in [5.74, 6) is 0.945. The zero-order valence-electron chi connectivity index (χ0n) is 7.66. The van der Waals surface area contributed by atoms with Gasteiger partial charge in [-0.1, -0.05) is 25.9 Å². The molecule has 0 aliphatic heterocycles. The molecular formula is C8H14N2O2. The minimum Gasteiger partial charge on any atom is -0.388 e. The van der Waals surface area contributed by atoms with Crippen LogP contribution in [0.25, 0.3) is 0 Å². The largest absolute Gasteiger partial charge is 0.388 e. The van der Waals surface area contributed by atoms with Crippen molar-refractivity contribution in [1.82, 2.24) is 10.1 Å². The van der Waals surface area contributed by atoms with Gasteiger partial charge < -0.3 is 9.63 Å². The van der Waals surface area contributed by atoms with E-state index in [2.05, 4.69) is 17.1 Å². The van der Waals surface area contributed by atoms with Gasteiger partial charge in [-0.05, 0) is 6.42 Å². The molecule has 0 saturated heterocycles. The van der Waals surface area contributed by atoms with Crippen LogP contribution in [0.5, 0.6) is 0 Å². The van der Waals surface area contributed by atoms with Gasteiger partial charge in [-0.2, -0.15) is 4.98 Å². The van der Waals surface area contributed by atoms with Crippen molar-refractivity contribution in [3.63, 3.8) is 0 Å². The molecule has 0 aromatic carbocycles. The second kappa shape index (κ2) is 3.23. The number of hydrogen-bond acceptors (Lipinski definition) is 4. The first-order chi connectivity index (χ1) is 5.60. The van der Waals surface area contributed by atoms with Crippen molar-refractivity contribution in [2.45, 2.75) is 39.2 Å². The number of aliphatic hydroxyl groups is 1. The molecule has 0 radical (unpaired) electrons. The van der Waals surface area contributed by atoms with Crippen LogP contribution in [0.15, 0.2) is 4.52 Å². The lowest BCUT2D eigenvalue weighted by Gasteiger charge is -2.15. The van der Waals surface area contributed by atoms with Crippen molar-refractivity contribution in [1.29, 1.82) is 0 Å². The molecule has 0 fully saturated rings. The Hall–Kier alpha value is -0.900. The second-order valence-corrected chi connectivity index (χ2v) is 3.41. The molecule has 1 N–H and O–H groups in total. The molecule has 4 heteroatoms. The van der Waals surface area contributed by atoms with Crippen molar-refractivity contribution >= 4 is 0 Å². The number of hydrogen-bond donors (Lipinski definition) is 1. The Labute approximate surface area is 71.6 Å². The van der Waals surface area contributed by atoms with Gasteiger partial charge in [0.05, 0.1) is 0 Å². The average molecular weight is 170 g/mol. The van der Waals surface area contributed by atoms with E-state index in [1.807, 2.05) is 13.8 Å². The molecule has 12 heavy (non-hydrogen) atoms. The van der Waals surface area contributed by atoms with Crippen LogP contribution in [0, 0.1) is 0 Å². The summed E-state index contributed by atoms with van der Waals surface area (Å²) in [5, 5.41) is 12.3. The highest BCUT2D eigenvalue weighted by Gasteiger charge is 2.25. The van der Waals surface area contributed by atoms with Crippen LogP contribution >= 0.6 is 0 Å². The Morgan fingerprint density at radius 3 is 2.58 bits per heavy atom. The molecule has 0 amide bonds. The molecule has 0 saturated carbocycles. The minimum absolute atomic E-state index is 0.0968. The van der Waals surface area contributed by atoms with E-state index in [0.717, 1.165) is 6.42 Å². The van der Waals surface area contributed by atoms with E-state index in [1.54, 1.807) is 0 Å². The third-order valence-corrected chi connectivity index (χ3v) is 2.07. The van der Waals surface area contributed by atoms with Gasteiger partial charge in [-0.15, -0.1) is 0 Å². The predicted octanol–water partition coefficient (Wildman–Crippen LogP) is 1.25. The third kappa shape index (κ3) is 1.64. The van der Waals surface area contributed by atoms with Crippen LogP contribution in [-0.2, 0) is 12.0 Å². The Bertz CT molecular complexity index is 255. The van der Waals surface area contributed by atoms with Crippen LogP contribution in [0.4, 0.5) is 0 Å². The fourth-order valence-corrected chi connectivity index (χ4v) is 0.744. The summed E-state index contributed by atoms with van der Waals surface area (Å²) in [6.07, 6.45) is 0.931. The first-order valence-electron chi connectivity index (χ1n) is 4.04. The lowest BCUT2D eigenvalue weighted by atomic mass is 9.90. The van der Waals surface area contributed by atoms with Crippen molar-refractivity contribution in [3.8, 4) is 0 Å². The minimum atomic E-state index is -0.163. The summed E-state index contributed by atoms with van der Waals surface area (Å²) < 4.78 is 4.99. The predicted molar refractivity (Wildman–Crippen MR) is 43.5 cm³/mol. The van der Waals surface area contributed by atoms with Gasteiger partial charge in [0.25, 0.3) is 0 Å². The summed E-state index contributed by atoms with van der Waals surface area (Å²) in [6, 6.07) is 0. The van der Waals surface area contributed by atoms with E-state index in [-0.39, 0.29) is 12.0 Å². The van der Waals surface area contributed by atoms with E-state index in [9.17, 15) is 0 Å². The van der Waals surface area contributed by atoms with Gasteiger partial charge in [0.15, 0.2) is 5.82 Å². The highest BCUT2D eigenvalue weighted by atomic mass is 16.5. The van der Waals surface area contributed by atoms with Crippen molar-refractivity contribution in [3.05, 3.63) is 11.7 Å². The molecule has 1 aromatic rings. The van der Waals surface area contributed by atoms with Gasteiger partial charge in [0.2, 0.25) is 5.89 Å². The van der Waals surface area contributed by atoms with Crippen LogP contribution in [0.3, 0.4) is 0 Å². The van der Waals surface area contributed by atoms with Crippen molar-refractivity contribution in [2.24, 2.45) is 0 Å². The summed E-state index contributed by atoms with van der Waals surface area (Å²) >= 11 is 0. The highest BCUT2D eigenvalue weighted by molar-refractivity contribution is 4.99. The SMILES string of the molecule is CCC(C)(C)c1nc(CO)no1. The van der Waals surface area contributed by atoms with E-state index < -0.39 is 0 Å². The second-order valence-electron chi connectivity index (χ2n) is 3.41. The molecular weight excluding hydrogens is 156 g/mol. The van der Waals surface area contributed by atoms with E-state index in [4.69, 9.17) is 9.63 Å². The molecule has 68 valence electrons. The Morgan fingerprint density at radius 1 is 1.50 bits per heavy atom. The van der Waals surface area contributed by atoms with E-state index in [1.165, 1.54) is 0 Å². The summed E-state index contributed by atoms with van der Waals surface area (Å²) in [6.45, 7) is 5.95. The topological polar surface area (TPSA) is 59.2 Å². The highest BCUT2D eigenvalue weighted by Crippen LogP contribution is 2.24. The maximum atomic E-state index is 8.70. The molecule has 0 unspecified atom stereocenters. The van der Waals surface area contributed by atoms with Crippen LogP contribution in [0.2, 0.25) is 0 Å². The number of nitrogens with zero attached hydrogens (tertiary/aromatic N) is 2. The van der Waals surface area contributed by atoms with Crippen LogP contribution < -0.4 is 0 Å². The quantitative estimate of drug-likeness (QED) is 0.741. The van der Waals surface area contributed by atoms with Gasteiger partial charge in [0, 0.05) is 5.41 Å². The summed E-state index contributed by atoms with van der Waals surface area (Å²) in [5.41, 5.74) is -0.0968. The number of aliphatic hydroxyl groups excluding tert-OH is 1. The molecule has 0 bridgehead atoms. The molecule has 0 aliphatic carbocycles. The molecule has 0 aliphatic rings. The molecule has 0 spiro atoms. The first kappa shape index (κ1) is 9.19.